The Labute approximate surface area is 180 Å². The molecule has 0 aliphatic heterocycles. The number of nitrogens with one attached hydrogen (secondary N) is 2. The summed E-state index contributed by atoms with van der Waals surface area (Å²) in [5, 5.41) is 5.29. The third-order valence-corrected chi connectivity index (χ3v) is 5.96. The van der Waals surface area contributed by atoms with Gasteiger partial charge in [0.05, 0.1) is 30.7 Å². The normalized spacial score (nSPS) is 12.3. The molecule has 0 saturated heterocycles. The average Bonchev–Trinajstić information content (AvgIpc) is 3.47. The molecule has 9 nitrogen and oxygen atoms in total. The zero-order chi connectivity index (χ0) is 21.4. The second kappa shape index (κ2) is 7.80. The Morgan fingerprint density at radius 3 is 3.00 bits per heavy atom. The van der Waals surface area contributed by atoms with Gasteiger partial charge in [-0.25, -0.2) is 19.9 Å². The van der Waals surface area contributed by atoms with Crippen LogP contribution in [0.4, 0.5) is 5.82 Å². The van der Waals surface area contributed by atoms with Crippen LogP contribution in [0.3, 0.4) is 0 Å². The van der Waals surface area contributed by atoms with Crippen LogP contribution in [0.2, 0.25) is 0 Å². The zero-order valence-corrected chi connectivity index (χ0v) is 17.7. The molecule has 0 saturated carbocycles. The molecular formula is C21H19N7O2S. The van der Waals surface area contributed by atoms with Gasteiger partial charge in [0.2, 0.25) is 0 Å². The molecule has 0 fully saturated rings. The molecule has 1 unspecified atom stereocenters. The molecule has 4 heterocycles. The van der Waals surface area contributed by atoms with Crippen LogP contribution in [0.25, 0.3) is 27.1 Å². The topological polar surface area (TPSA) is 111 Å². The maximum Gasteiger partial charge on any atom is 0.276 e. The second-order valence-corrected chi connectivity index (χ2v) is 7.79. The van der Waals surface area contributed by atoms with Crippen LogP contribution in [0, 0.1) is 0 Å². The van der Waals surface area contributed by atoms with E-state index in [2.05, 4.69) is 25.3 Å². The van der Waals surface area contributed by atoms with E-state index < -0.39 is 0 Å². The van der Waals surface area contributed by atoms with Crippen molar-refractivity contribution in [1.82, 2.24) is 29.5 Å². The number of nitrogens with zero attached hydrogens (tertiary/aromatic N) is 5. The number of imidazole rings is 1. The van der Waals surface area contributed by atoms with Gasteiger partial charge in [-0.2, -0.15) is 0 Å². The van der Waals surface area contributed by atoms with Crippen molar-refractivity contribution in [1.29, 1.82) is 0 Å². The molecule has 0 amide bonds. The Balaban J connectivity index is 1.70. The van der Waals surface area contributed by atoms with E-state index in [4.69, 9.17) is 9.72 Å². The number of methoxy groups -OCH3 is 1. The Bertz CT molecular complexity index is 1440. The summed E-state index contributed by atoms with van der Waals surface area (Å²) in [5.41, 5.74) is 2.52. The summed E-state index contributed by atoms with van der Waals surface area (Å²) >= 11 is 1.39. The van der Waals surface area contributed by atoms with E-state index in [9.17, 15) is 4.79 Å². The summed E-state index contributed by atoms with van der Waals surface area (Å²) in [4.78, 5) is 34.2. The molecule has 0 spiro atoms. The van der Waals surface area contributed by atoms with Gasteiger partial charge in [-0.3, -0.25) is 9.36 Å². The molecule has 0 radical (unpaired) electrons. The second-order valence-electron chi connectivity index (χ2n) is 6.87. The Kier molecular flexibility index (Phi) is 4.83. The van der Waals surface area contributed by atoms with E-state index in [-0.39, 0.29) is 11.6 Å². The third-order valence-electron chi connectivity index (χ3n) is 5.07. The highest BCUT2D eigenvalue weighted by molar-refractivity contribution is 7.17. The molecule has 5 aromatic rings. The molecule has 10 heteroatoms. The first-order valence-electron chi connectivity index (χ1n) is 9.74. The van der Waals surface area contributed by atoms with Gasteiger partial charge in [0.15, 0.2) is 11.5 Å². The number of thiophene rings is 1. The lowest BCUT2D eigenvalue weighted by atomic mass is 10.1. The van der Waals surface area contributed by atoms with Crippen LogP contribution in [-0.2, 0) is 0 Å². The predicted molar refractivity (Wildman–Crippen MR) is 120 cm³/mol. The fourth-order valence-corrected chi connectivity index (χ4v) is 4.31. The van der Waals surface area contributed by atoms with E-state index in [1.165, 1.54) is 17.7 Å². The van der Waals surface area contributed by atoms with Gasteiger partial charge in [-0.15, -0.1) is 11.3 Å². The quantitative estimate of drug-likeness (QED) is 0.420. The van der Waals surface area contributed by atoms with Crippen LogP contribution in [0.15, 0.2) is 53.2 Å². The molecule has 1 atom stereocenters. The van der Waals surface area contributed by atoms with Crippen molar-refractivity contribution >= 4 is 38.5 Å². The summed E-state index contributed by atoms with van der Waals surface area (Å²) in [6.07, 6.45) is 3.72. The minimum absolute atomic E-state index is 0.115. The highest BCUT2D eigenvalue weighted by Gasteiger charge is 2.22. The molecule has 0 bridgehead atoms. The summed E-state index contributed by atoms with van der Waals surface area (Å²) < 4.78 is 7.63. The number of H-pyrrole nitrogens is 1. The first kappa shape index (κ1) is 19.2. The van der Waals surface area contributed by atoms with Gasteiger partial charge in [0, 0.05) is 6.07 Å². The number of rotatable bonds is 6. The van der Waals surface area contributed by atoms with Crippen molar-refractivity contribution in [2.45, 2.75) is 19.4 Å². The van der Waals surface area contributed by atoms with Crippen LogP contribution < -0.4 is 15.6 Å². The molecule has 156 valence electrons. The molecule has 5 rings (SSSR count). The summed E-state index contributed by atoms with van der Waals surface area (Å²) in [5.74, 6) is 1.83. The van der Waals surface area contributed by atoms with Crippen molar-refractivity contribution in [3.8, 4) is 11.4 Å². The minimum atomic E-state index is -0.294. The number of fused-ring (bicyclic) bond motifs is 2. The lowest BCUT2D eigenvalue weighted by Gasteiger charge is -2.21. The lowest BCUT2D eigenvalue weighted by Crippen LogP contribution is -2.27. The highest BCUT2D eigenvalue weighted by Crippen LogP contribution is 2.27. The van der Waals surface area contributed by atoms with Crippen LogP contribution in [-0.4, -0.2) is 36.6 Å². The van der Waals surface area contributed by atoms with Crippen molar-refractivity contribution < 1.29 is 4.74 Å². The van der Waals surface area contributed by atoms with Crippen LogP contribution in [0.1, 0.15) is 25.2 Å². The monoisotopic (exact) mass is 433 g/mol. The average molecular weight is 433 g/mol. The number of aromatic nitrogens is 6. The number of anilines is 1. The maximum atomic E-state index is 13.5. The fourth-order valence-electron chi connectivity index (χ4n) is 3.55. The van der Waals surface area contributed by atoms with Crippen molar-refractivity contribution in [3.05, 3.63) is 64.5 Å². The van der Waals surface area contributed by atoms with Crippen LogP contribution >= 0.6 is 11.3 Å². The van der Waals surface area contributed by atoms with E-state index in [1.807, 2.05) is 42.6 Å². The zero-order valence-electron chi connectivity index (χ0n) is 16.9. The molecule has 0 aliphatic carbocycles. The summed E-state index contributed by atoms with van der Waals surface area (Å²) in [6, 6.07) is 8.97. The molecule has 0 aliphatic rings. The summed E-state index contributed by atoms with van der Waals surface area (Å²) in [7, 11) is 1.60. The van der Waals surface area contributed by atoms with E-state index in [0.717, 1.165) is 0 Å². The number of hydrogen-bond acceptors (Lipinski definition) is 8. The number of hydrogen-bond donors (Lipinski definition) is 2. The first-order valence-corrected chi connectivity index (χ1v) is 10.6. The number of ether oxygens (including phenoxy) is 1. The standard InChI is InChI=1S/C21H19N7O2S/c1-3-14(26-19-16-18(23-10-22-16)24-11-25-19)20-27-15-7-8-31-17(15)21(29)28(20)12-5-4-6-13(9-12)30-2/h4-11,14H,3H2,1-2H3,(H2,22,23,24,25,26). The molecule has 4 aromatic heterocycles. The Hall–Kier alpha value is -3.79. The van der Waals surface area contributed by atoms with Gasteiger partial charge in [0.1, 0.15) is 28.1 Å². The Morgan fingerprint density at radius 2 is 2.16 bits per heavy atom. The van der Waals surface area contributed by atoms with Gasteiger partial charge < -0.3 is 15.0 Å². The largest absolute Gasteiger partial charge is 0.497 e. The van der Waals surface area contributed by atoms with E-state index in [1.54, 1.807) is 18.0 Å². The fraction of sp³-hybridized carbons (Fsp3) is 0.190. The first-order chi connectivity index (χ1) is 15.2. The molecule has 31 heavy (non-hydrogen) atoms. The van der Waals surface area contributed by atoms with Gasteiger partial charge in [0.25, 0.3) is 5.56 Å². The van der Waals surface area contributed by atoms with E-state index >= 15 is 0 Å². The van der Waals surface area contributed by atoms with Crippen molar-refractivity contribution in [2.75, 3.05) is 12.4 Å². The van der Waals surface area contributed by atoms with Crippen molar-refractivity contribution in [2.24, 2.45) is 0 Å². The predicted octanol–water partition coefficient (Wildman–Crippen LogP) is 3.69. The van der Waals surface area contributed by atoms with Gasteiger partial charge >= 0.3 is 0 Å². The summed E-state index contributed by atoms with van der Waals surface area (Å²) in [6.45, 7) is 2.03. The lowest BCUT2D eigenvalue weighted by molar-refractivity contribution is 0.414. The third kappa shape index (κ3) is 3.30. The minimum Gasteiger partial charge on any atom is -0.497 e. The smallest absolute Gasteiger partial charge is 0.276 e. The number of benzene rings is 1. The van der Waals surface area contributed by atoms with Gasteiger partial charge in [-0.1, -0.05) is 13.0 Å². The van der Waals surface area contributed by atoms with E-state index in [0.29, 0.717) is 50.9 Å². The van der Waals surface area contributed by atoms with Crippen LogP contribution in [0.5, 0.6) is 5.75 Å². The SMILES string of the molecule is CCC(Nc1ncnc2[nH]cnc12)c1nc2ccsc2c(=O)n1-c1cccc(OC)c1. The Morgan fingerprint density at radius 1 is 1.26 bits per heavy atom. The van der Waals surface area contributed by atoms with Crippen molar-refractivity contribution in [3.63, 3.8) is 0 Å². The molecular weight excluding hydrogens is 414 g/mol. The molecule has 2 N–H and O–H groups in total. The maximum absolute atomic E-state index is 13.5. The highest BCUT2D eigenvalue weighted by atomic mass is 32.1. The molecule has 1 aromatic carbocycles. The number of aromatic amines is 1. The van der Waals surface area contributed by atoms with Gasteiger partial charge in [-0.05, 0) is 30.0 Å².